The van der Waals surface area contributed by atoms with Crippen molar-refractivity contribution in [3.63, 3.8) is 0 Å². The zero-order chi connectivity index (χ0) is 9.10. The summed E-state index contributed by atoms with van der Waals surface area (Å²) in [5.74, 6) is 0. The third-order valence-corrected chi connectivity index (χ3v) is 4.66. The van der Waals surface area contributed by atoms with Gasteiger partial charge in [0, 0.05) is 9.52 Å². The van der Waals surface area contributed by atoms with E-state index >= 15 is 0 Å². The highest BCUT2D eigenvalue weighted by Gasteiger charge is 2.15. The van der Waals surface area contributed by atoms with Gasteiger partial charge in [-0.2, -0.15) is 0 Å². The standard InChI is InChI=1S/C12H14Si/c1-2-9-13-12-8-7-10-5-3-4-6-11(10)12/h2-8,12H,1,9,13H2. The molecule has 2 rings (SSSR count). The third kappa shape index (κ3) is 1.65. The van der Waals surface area contributed by atoms with Crippen LogP contribution in [0.1, 0.15) is 16.7 Å². The predicted octanol–water partition coefficient (Wildman–Crippen LogP) is 2.53. The van der Waals surface area contributed by atoms with E-state index in [1.165, 1.54) is 17.2 Å². The second-order valence-electron chi connectivity index (χ2n) is 3.46. The Hall–Kier alpha value is -1.08. The number of fused-ring (bicyclic) bond motifs is 1. The number of hydrogen-bond acceptors (Lipinski definition) is 0. The summed E-state index contributed by atoms with van der Waals surface area (Å²) in [6.45, 7) is 3.79. The van der Waals surface area contributed by atoms with Crippen molar-refractivity contribution in [3.8, 4) is 0 Å². The first-order valence-corrected chi connectivity index (χ1v) is 6.61. The van der Waals surface area contributed by atoms with Gasteiger partial charge in [0.15, 0.2) is 0 Å². The van der Waals surface area contributed by atoms with Gasteiger partial charge in [-0.15, -0.1) is 6.58 Å². The summed E-state index contributed by atoms with van der Waals surface area (Å²) in [5.41, 5.74) is 3.72. The monoisotopic (exact) mass is 186 g/mol. The van der Waals surface area contributed by atoms with E-state index in [0.717, 1.165) is 5.54 Å². The van der Waals surface area contributed by atoms with Crippen molar-refractivity contribution in [2.75, 3.05) is 0 Å². The molecular formula is C12H14Si. The maximum absolute atomic E-state index is 3.79. The molecular weight excluding hydrogens is 172 g/mol. The molecule has 1 aliphatic rings. The molecule has 0 saturated carbocycles. The SMILES string of the molecule is C=CC[SiH2]C1C=Cc2ccccc21. The van der Waals surface area contributed by atoms with Crippen LogP contribution in [0.5, 0.6) is 0 Å². The molecule has 1 atom stereocenters. The van der Waals surface area contributed by atoms with Crippen LogP contribution < -0.4 is 0 Å². The second kappa shape index (κ2) is 3.75. The van der Waals surface area contributed by atoms with Gasteiger partial charge in [0.1, 0.15) is 0 Å². The van der Waals surface area contributed by atoms with E-state index in [9.17, 15) is 0 Å². The van der Waals surface area contributed by atoms with E-state index in [2.05, 4.69) is 49.1 Å². The lowest BCUT2D eigenvalue weighted by Gasteiger charge is -2.07. The van der Waals surface area contributed by atoms with Gasteiger partial charge in [-0.05, 0) is 22.7 Å². The molecule has 1 heteroatoms. The number of allylic oxidation sites excluding steroid dienone is 2. The van der Waals surface area contributed by atoms with Gasteiger partial charge in [-0.25, -0.2) is 0 Å². The molecule has 0 saturated heterocycles. The largest absolute Gasteiger partial charge is 0.103 e. The summed E-state index contributed by atoms with van der Waals surface area (Å²) in [4.78, 5) is 0. The van der Waals surface area contributed by atoms with Crippen LogP contribution in [0.15, 0.2) is 43.0 Å². The predicted molar refractivity (Wildman–Crippen MR) is 61.8 cm³/mol. The molecule has 0 N–H and O–H groups in total. The van der Waals surface area contributed by atoms with E-state index in [-0.39, 0.29) is 9.52 Å². The van der Waals surface area contributed by atoms with Gasteiger partial charge >= 0.3 is 0 Å². The van der Waals surface area contributed by atoms with Crippen LogP contribution in [0.2, 0.25) is 6.04 Å². The van der Waals surface area contributed by atoms with Crippen molar-refractivity contribution >= 4 is 15.6 Å². The molecule has 0 aliphatic heterocycles. The normalized spacial score (nSPS) is 19.5. The van der Waals surface area contributed by atoms with Crippen molar-refractivity contribution < 1.29 is 0 Å². The maximum Gasteiger partial charge on any atom is 0.0374 e. The molecule has 0 heterocycles. The van der Waals surface area contributed by atoms with E-state index in [4.69, 9.17) is 0 Å². The molecule has 0 spiro atoms. The van der Waals surface area contributed by atoms with Gasteiger partial charge in [-0.1, -0.05) is 42.5 Å². The maximum atomic E-state index is 3.79. The first kappa shape index (κ1) is 8.51. The Morgan fingerprint density at radius 3 is 3.08 bits per heavy atom. The molecule has 1 aromatic carbocycles. The van der Waals surface area contributed by atoms with E-state index in [1.54, 1.807) is 0 Å². The zero-order valence-corrected chi connectivity index (χ0v) is 9.15. The molecule has 0 bridgehead atoms. The fourth-order valence-corrected chi connectivity index (χ4v) is 3.48. The van der Waals surface area contributed by atoms with Crippen LogP contribution in [0.3, 0.4) is 0 Å². The average molecular weight is 186 g/mol. The summed E-state index contributed by atoms with van der Waals surface area (Å²) in [5, 5.41) is 0. The fourth-order valence-electron chi connectivity index (χ4n) is 1.87. The lowest BCUT2D eigenvalue weighted by atomic mass is 10.1. The molecule has 0 radical (unpaired) electrons. The quantitative estimate of drug-likeness (QED) is 0.502. The summed E-state index contributed by atoms with van der Waals surface area (Å²) in [6.07, 6.45) is 6.68. The highest BCUT2D eigenvalue weighted by Crippen LogP contribution is 2.29. The number of hydrogen-bond donors (Lipinski definition) is 0. The van der Waals surface area contributed by atoms with Crippen LogP contribution in [-0.4, -0.2) is 9.52 Å². The van der Waals surface area contributed by atoms with Gasteiger partial charge < -0.3 is 0 Å². The molecule has 1 aromatic rings. The number of rotatable bonds is 3. The summed E-state index contributed by atoms with van der Waals surface area (Å²) >= 11 is 0. The fraction of sp³-hybridized carbons (Fsp3) is 0.167. The van der Waals surface area contributed by atoms with Crippen molar-refractivity contribution in [1.29, 1.82) is 0 Å². The Morgan fingerprint density at radius 2 is 2.23 bits per heavy atom. The molecule has 13 heavy (non-hydrogen) atoms. The minimum Gasteiger partial charge on any atom is -0.103 e. The Morgan fingerprint density at radius 1 is 1.38 bits per heavy atom. The van der Waals surface area contributed by atoms with Crippen LogP contribution in [0.25, 0.3) is 6.08 Å². The molecule has 0 fully saturated rings. The van der Waals surface area contributed by atoms with E-state index < -0.39 is 0 Å². The summed E-state index contributed by atoms with van der Waals surface area (Å²) in [7, 11) is -0.0258. The average Bonchev–Trinajstić information content (AvgIpc) is 2.58. The van der Waals surface area contributed by atoms with Crippen molar-refractivity contribution in [2.24, 2.45) is 0 Å². The highest BCUT2D eigenvalue weighted by atomic mass is 28.2. The summed E-state index contributed by atoms with van der Waals surface area (Å²) in [6, 6.07) is 9.95. The molecule has 1 aliphatic carbocycles. The first-order valence-electron chi connectivity index (χ1n) is 4.80. The zero-order valence-electron chi connectivity index (χ0n) is 7.74. The van der Waals surface area contributed by atoms with Gasteiger partial charge in [0.2, 0.25) is 0 Å². The van der Waals surface area contributed by atoms with Crippen LogP contribution in [0.4, 0.5) is 0 Å². The first-order chi connectivity index (χ1) is 6.42. The Balaban J connectivity index is 2.18. The van der Waals surface area contributed by atoms with Gasteiger partial charge in [0.05, 0.1) is 0 Å². The Labute approximate surface area is 81.8 Å². The van der Waals surface area contributed by atoms with Crippen molar-refractivity contribution in [3.05, 3.63) is 54.1 Å². The van der Waals surface area contributed by atoms with Gasteiger partial charge in [0.25, 0.3) is 0 Å². The van der Waals surface area contributed by atoms with Crippen LogP contribution in [-0.2, 0) is 0 Å². The van der Waals surface area contributed by atoms with Crippen LogP contribution >= 0.6 is 0 Å². The second-order valence-corrected chi connectivity index (χ2v) is 5.49. The Kier molecular flexibility index (Phi) is 2.46. The molecule has 1 unspecified atom stereocenters. The van der Waals surface area contributed by atoms with Crippen LogP contribution in [0, 0.1) is 0 Å². The topological polar surface area (TPSA) is 0 Å². The summed E-state index contributed by atoms with van der Waals surface area (Å²) < 4.78 is 0. The highest BCUT2D eigenvalue weighted by molar-refractivity contribution is 6.40. The minimum absolute atomic E-state index is 0.0258. The van der Waals surface area contributed by atoms with E-state index in [1.807, 2.05) is 0 Å². The molecule has 0 nitrogen and oxygen atoms in total. The molecule has 0 amide bonds. The van der Waals surface area contributed by atoms with E-state index in [0.29, 0.717) is 0 Å². The lowest BCUT2D eigenvalue weighted by Crippen LogP contribution is -2.01. The Bertz CT molecular complexity index is 339. The molecule has 66 valence electrons. The smallest absolute Gasteiger partial charge is 0.0374 e. The minimum atomic E-state index is -0.0258. The third-order valence-electron chi connectivity index (χ3n) is 2.59. The molecule has 0 aromatic heterocycles. The number of benzene rings is 1. The van der Waals surface area contributed by atoms with Crippen molar-refractivity contribution in [1.82, 2.24) is 0 Å². The van der Waals surface area contributed by atoms with Gasteiger partial charge in [-0.3, -0.25) is 0 Å². The van der Waals surface area contributed by atoms with Crippen molar-refractivity contribution in [2.45, 2.75) is 11.6 Å². The lowest BCUT2D eigenvalue weighted by molar-refractivity contribution is 1.22.